The summed E-state index contributed by atoms with van der Waals surface area (Å²) in [6.45, 7) is 0.181. The summed E-state index contributed by atoms with van der Waals surface area (Å²) in [5, 5.41) is 3.21. The highest BCUT2D eigenvalue weighted by atomic mass is 16.5. The van der Waals surface area contributed by atoms with Gasteiger partial charge in [-0.2, -0.15) is 0 Å². The number of furan rings is 1. The van der Waals surface area contributed by atoms with E-state index in [1.54, 1.807) is 56.6 Å². The Morgan fingerprint density at radius 1 is 0.946 bits per heavy atom. The van der Waals surface area contributed by atoms with E-state index in [9.17, 15) is 9.59 Å². The maximum atomic E-state index is 13.9. The van der Waals surface area contributed by atoms with Crippen molar-refractivity contribution in [3.8, 4) is 17.2 Å². The predicted molar refractivity (Wildman–Crippen MR) is 139 cm³/mol. The number of benzene rings is 2. The number of rotatable bonds is 10. The van der Waals surface area contributed by atoms with Crippen molar-refractivity contribution in [2.45, 2.75) is 50.7 Å². The number of amides is 2. The number of nitrogens with one attached hydrogen (secondary N) is 1. The SMILES string of the molecule is COc1ccc(CN(C(=O)c2ccco2)C(C(=O)NC2CCCCC2)c2ccc(OC)c(OC)c2)cc1. The Bertz CT molecular complexity index is 1170. The van der Waals surface area contributed by atoms with Crippen LogP contribution in [0.1, 0.15) is 59.8 Å². The molecule has 1 aliphatic rings. The van der Waals surface area contributed by atoms with Crippen LogP contribution >= 0.6 is 0 Å². The molecule has 196 valence electrons. The van der Waals surface area contributed by atoms with Crippen LogP contribution < -0.4 is 19.5 Å². The average molecular weight is 507 g/mol. The minimum Gasteiger partial charge on any atom is -0.497 e. The maximum absolute atomic E-state index is 13.9. The van der Waals surface area contributed by atoms with Gasteiger partial charge in [0.1, 0.15) is 11.8 Å². The first-order valence-electron chi connectivity index (χ1n) is 12.5. The fourth-order valence-corrected chi connectivity index (χ4v) is 4.77. The van der Waals surface area contributed by atoms with Gasteiger partial charge in [-0.3, -0.25) is 9.59 Å². The Morgan fingerprint density at radius 2 is 1.68 bits per heavy atom. The highest BCUT2D eigenvalue weighted by Crippen LogP contribution is 2.34. The van der Waals surface area contributed by atoms with Crippen LogP contribution in [-0.2, 0) is 11.3 Å². The van der Waals surface area contributed by atoms with Crippen LogP contribution in [0.2, 0.25) is 0 Å². The smallest absolute Gasteiger partial charge is 0.290 e. The monoisotopic (exact) mass is 506 g/mol. The van der Waals surface area contributed by atoms with E-state index >= 15 is 0 Å². The van der Waals surface area contributed by atoms with Crippen molar-refractivity contribution in [2.75, 3.05) is 21.3 Å². The standard InChI is InChI=1S/C29H34N2O6/c1-34-23-14-11-20(12-15-23)19-31(29(33)25-10-7-17-37-25)27(28(32)30-22-8-5-4-6-9-22)21-13-16-24(35-2)26(18-21)36-3/h7,10-18,22,27H,4-6,8-9,19H2,1-3H3,(H,30,32). The molecule has 0 spiro atoms. The van der Waals surface area contributed by atoms with Crippen molar-refractivity contribution in [1.82, 2.24) is 10.2 Å². The van der Waals surface area contributed by atoms with Crippen LogP contribution in [0.4, 0.5) is 0 Å². The van der Waals surface area contributed by atoms with E-state index in [1.807, 2.05) is 24.3 Å². The number of carbonyl (C=O) groups is 2. The van der Waals surface area contributed by atoms with Crippen LogP contribution in [0.15, 0.2) is 65.3 Å². The van der Waals surface area contributed by atoms with Gasteiger partial charge in [0.2, 0.25) is 5.91 Å². The minimum atomic E-state index is -0.929. The van der Waals surface area contributed by atoms with E-state index in [0.717, 1.165) is 31.2 Å². The molecular weight excluding hydrogens is 472 g/mol. The second kappa shape index (κ2) is 12.3. The van der Waals surface area contributed by atoms with Gasteiger partial charge >= 0.3 is 0 Å². The molecule has 8 heteroatoms. The van der Waals surface area contributed by atoms with Gasteiger partial charge < -0.3 is 28.8 Å². The Kier molecular flexibility index (Phi) is 8.72. The lowest BCUT2D eigenvalue weighted by molar-refractivity contribution is -0.127. The van der Waals surface area contributed by atoms with Gasteiger partial charge in [0.05, 0.1) is 27.6 Å². The summed E-state index contributed by atoms with van der Waals surface area (Å²) in [7, 11) is 4.70. The zero-order valence-electron chi connectivity index (χ0n) is 21.6. The van der Waals surface area contributed by atoms with Crippen molar-refractivity contribution in [1.29, 1.82) is 0 Å². The summed E-state index contributed by atoms with van der Waals surface area (Å²) in [4.78, 5) is 29.3. The molecule has 1 aromatic heterocycles. The highest BCUT2D eigenvalue weighted by molar-refractivity contribution is 5.96. The Balaban J connectivity index is 1.76. The van der Waals surface area contributed by atoms with Crippen LogP contribution in [-0.4, -0.2) is 44.1 Å². The minimum absolute atomic E-state index is 0.0745. The molecule has 2 amide bonds. The zero-order valence-corrected chi connectivity index (χ0v) is 21.6. The zero-order chi connectivity index (χ0) is 26.2. The Hall–Kier alpha value is -3.94. The van der Waals surface area contributed by atoms with Gasteiger partial charge in [-0.25, -0.2) is 0 Å². The van der Waals surface area contributed by atoms with Crippen LogP contribution in [0, 0.1) is 0 Å². The molecule has 8 nitrogen and oxygen atoms in total. The van der Waals surface area contributed by atoms with Gasteiger partial charge in [-0.05, 0) is 60.4 Å². The molecule has 4 rings (SSSR count). The topological polar surface area (TPSA) is 90.2 Å². The molecule has 1 atom stereocenters. The van der Waals surface area contributed by atoms with Gasteiger partial charge in [0.25, 0.3) is 5.91 Å². The molecule has 3 aromatic rings. The first-order valence-corrected chi connectivity index (χ1v) is 12.5. The van der Waals surface area contributed by atoms with Crippen LogP contribution in [0.5, 0.6) is 17.2 Å². The third-order valence-corrected chi connectivity index (χ3v) is 6.74. The van der Waals surface area contributed by atoms with Gasteiger partial charge in [-0.1, -0.05) is 37.5 Å². The van der Waals surface area contributed by atoms with Crippen molar-refractivity contribution < 1.29 is 28.2 Å². The molecule has 0 aliphatic heterocycles. The molecule has 1 saturated carbocycles. The summed E-state index contributed by atoms with van der Waals surface area (Å²) in [6, 6.07) is 15.1. The van der Waals surface area contributed by atoms with Crippen LogP contribution in [0.25, 0.3) is 0 Å². The number of ether oxygens (including phenoxy) is 3. The lowest BCUT2D eigenvalue weighted by Gasteiger charge is -2.33. The van der Waals surface area contributed by atoms with Crippen molar-refractivity contribution >= 4 is 11.8 Å². The predicted octanol–water partition coefficient (Wildman–Crippen LogP) is 5.14. The highest BCUT2D eigenvalue weighted by Gasteiger charge is 2.35. The van der Waals surface area contributed by atoms with E-state index in [2.05, 4.69) is 5.32 Å². The number of carbonyl (C=O) groups excluding carboxylic acids is 2. The summed E-state index contributed by atoms with van der Waals surface area (Å²) in [5.74, 6) is 1.25. The summed E-state index contributed by atoms with van der Waals surface area (Å²) >= 11 is 0. The first-order chi connectivity index (χ1) is 18.0. The van der Waals surface area contributed by atoms with Gasteiger partial charge in [-0.15, -0.1) is 0 Å². The van der Waals surface area contributed by atoms with E-state index in [0.29, 0.717) is 22.8 Å². The van der Waals surface area contributed by atoms with Crippen LogP contribution in [0.3, 0.4) is 0 Å². The molecule has 0 saturated heterocycles. The van der Waals surface area contributed by atoms with E-state index in [1.165, 1.54) is 12.7 Å². The second-order valence-corrected chi connectivity index (χ2v) is 9.12. The molecule has 1 aliphatic carbocycles. The number of hydrogen-bond donors (Lipinski definition) is 1. The third kappa shape index (κ3) is 6.25. The molecular formula is C29H34N2O6. The number of nitrogens with zero attached hydrogens (tertiary/aromatic N) is 1. The first kappa shape index (κ1) is 26.1. The lowest BCUT2D eigenvalue weighted by Crippen LogP contribution is -2.46. The molecule has 1 N–H and O–H groups in total. The average Bonchev–Trinajstić information content (AvgIpc) is 3.48. The third-order valence-electron chi connectivity index (χ3n) is 6.74. The molecule has 2 aromatic carbocycles. The Labute approximate surface area is 217 Å². The summed E-state index contributed by atoms with van der Waals surface area (Å²) < 4.78 is 21.7. The largest absolute Gasteiger partial charge is 0.497 e. The second-order valence-electron chi connectivity index (χ2n) is 9.12. The van der Waals surface area contributed by atoms with Gasteiger partial charge in [0, 0.05) is 12.6 Å². The number of hydrogen-bond acceptors (Lipinski definition) is 6. The van der Waals surface area contributed by atoms with E-state index in [4.69, 9.17) is 18.6 Å². The molecule has 37 heavy (non-hydrogen) atoms. The molecule has 1 heterocycles. The summed E-state index contributed by atoms with van der Waals surface area (Å²) in [5.41, 5.74) is 1.45. The normalized spacial score (nSPS) is 14.5. The van der Waals surface area contributed by atoms with Crippen molar-refractivity contribution in [3.05, 3.63) is 77.7 Å². The Morgan fingerprint density at radius 3 is 2.30 bits per heavy atom. The van der Waals surface area contributed by atoms with E-state index < -0.39 is 6.04 Å². The quantitative estimate of drug-likeness (QED) is 0.410. The van der Waals surface area contributed by atoms with Gasteiger partial charge in [0.15, 0.2) is 17.3 Å². The van der Waals surface area contributed by atoms with Crippen molar-refractivity contribution in [3.63, 3.8) is 0 Å². The fourth-order valence-electron chi connectivity index (χ4n) is 4.77. The molecule has 0 radical (unpaired) electrons. The maximum Gasteiger partial charge on any atom is 0.290 e. The fraction of sp³-hybridized carbons (Fsp3) is 0.379. The molecule has 1 unspecified atom stereocenters. The number of methoxy groups -OCH3 is 3. The molecule has 1 fully saturated rings. The summed E-state index contributed by atoms with van der Waals surface area (Å²) in [6.07, 6.45) is 6.63. The molecule has 0 bridgehead atoms. The lowest BCUT2D eigenvalue weighted by atomic mass is 9.94. The van der Waals surface area contributed by atoms with Crippen molar-refractivity contribution in [2.24, 2.45) is 0 Å². The van der Waals surface area contributed by atoms with E-state index in [-0.39, 0.29) is 30.2 Å².